The molecule has 1 aliphatic rings. The van der Waals surface area contributed by atoms with E-state index in [-0.39, 0.29) is 0 Å². The lowest BCUT2D eigenvalue weighted by Gasteiger charge is -1.98. The van der Waals surface area contributed by atoms with Crippen LogP contribution in [0.2, 0.25) is 0 Å². The van der Waals surface area contributed by atoms with E-state index in [0.29, 0.717) is 0 Å². The second kappa shape index (κ2) is 4.35. The fraction of sp³-hybridized carbons (Fsp3) is 0.778. The monoisotopic (exact) mass is 137 g/mol. The van der Waals surface area contributed by atoms with Crippen molar-refractivity contribution in [1.29, 1.82) is 0 Å². The van der Waals surface area contributed by atoms with Gasteiger partial charge in [0.15, 0.2) is 0 Å². The summed E-state index contributed by atoms with van der Waals surface area (Å²) in [5.41, 5.74) is 0. The molecule has 0 bridgehead atoms. The SMILES string of the molecule is C#CCCCCNC1CC1. The molecular weight excluding hydrogens is 122 g/mol. The Morgan fingerprint density at radius 1 is 1.40 bits per heavy atom. The third kappa shape index (κ3) is 3.53. The van der Waals surface area contributed by atoms with Crippen molar-refractivity contribution in [1.82, 2.24) is 5.32 Å². The quantitative estimate of drug-likeness (QED) is 0.447. The first kappa shape index (κ1) is 7.63. The van der Waals surface area contributed by atoms with Gasteiger partial charge in [-0.3, -0.25) is 0 Å². The van der Waals surface area contributed by atoms with Crippen molar-refractivity contribution >= 4 is 0 Å². The molecule has 1 heteroatoms. The summed E-state index contributed by atoms with van der Waals surface area (Å²) < 4.78 is 0. The van der Waals surface area contributed by atoms with Gasteiger partial charge in [0.05, 0.1) is 0 Å². The molecule has 0 saturated heterocycles. The maximum atomic E-state index is 5.11. The van der Waals surface area contributed by atoms with Crippen molar-refractivity contribution in [3.8, 4) is 12.3 Å². The van der Waals surface area contributed by atoms with Crippen LogP contribution in [-0.2, 0) is 0 Å². The van der Waals surface area contributed by atoms with E-state index in [2.05, 4.69) is 11.2 Å². The van der Waals surface area contributed by atoms with Crippen LogP contribution in [0.5, 0.6) is 0 Å². The Balaban J connectivity index is 1.73. The lowest BCUT2D eigenvalue weighted by Crippen LogP contribution is -2.17. The Bertz CT molecular complexity index is 119. The smallest absolute Gasteiger partial charge is 0.00865 e. The molecule has 1 saturated carbocycles. The van der Waals surface area contributed by atoms with Gasteiger partial charge in [-0.1, -0.05) is 0 Å². The Kier molecular flexibility index (Phi) is 3.32. The van der Waals surface area contributed by atoms with Crippen molar-refractivity contribution in [2.45, 2.75) is 38.1 Å². The Morgan fingerprint density at radius 3 is 2.80 bits per heavy atom. The Labute approximate surface area is 63.2 Å². The summed E-state index contributed by atoms with van der Waals surface area (Å²) in [4.78, 5) is 0. The molecule has 0 amide bonds. The van der Waals surface area contributed by atoms with Gasteiger partial charge in [0, 0.05) is 12.5 Å². The molecule has 0 aromatic rings. The zero-order valence-corrected chi connectivity index (χ0v) is 6.40. The van der Waals surface area contributed by atoms with E-state index in [1.165, 1.54) is 25.7 Å². The molecule has 0 aliphatic heterocycles. The number of terminal acetylenes is 1. The molecule has 10 heavy (non-hydrogen) atoms. The summed E-state index contributed by atoms with van der Waals surface area (Å²) >= 11 is 0. The van der Waals surface area contributed by atoms with E-state index in [9.17, 15) is 0 Å². The van der Waals surface area contributed by atoms with E-state index in [0.717, 1.165) is 19.0 Å². The van der Waals surface area contributed by atoms with E-state index < -0.39 is 0 Å². The topological polar surface area (TPSA) is 12.0 Å². The third-order valence-electron chi connectivity index (χ3n) is 1.76. The number of unbranched alkanes of at least 4 members (excludes halogenated alkanes) is 2. The molecule has 0 aromatic carbocycles. The lowest BCUT2D eigenvalue weighted by molar-refractivity contribution is 0.626. The molecule has 0 atom stereocenters. The molecule has 0 heterocycles. The van der Waals surface area contributed by atoms with Crippen molar-refractivity contribution < 1.29 is 0 Å². The van der Waals surface area contributed by atoms with E-state index in [1.807, 2.05) is 0 Å². The maximum absolute atomic E-state index is 5.11. The average molecular weight is 137 g/mol. The first-order valence-corrected chi connectivity index (χ1v) is 4.10. The summed E-state index contributed by atoms with van der Waals surface area (Å²) in [6, 6.07) is 0.853. The molecule has 0 spiro atoms. The van der Waals surface area contributed by atoms with Gasteiger partial charge < -0.3 is 5.32 Å². The molecule has 0 radical (unpaired) electrons. The molecule has 1 nitrogen and oxygen atoms in total. The number of hydrogen-bond donors (Lipinski definition) is 1. The van der Waals surface area contributed by atoms with Gasteiger partial charge >= 0.3 is 0 Å². The van der Waals surface area contributed by atoms with Crippen molar-refractivity contribution in [3.63, 3.8) is 0 Å². The standard InChI is InChI=1S/C9H15N/c1-2-3-4-5-8-10-9-6-7-9/h1,9-10H,3-8H2. The highest BCUT2D eigenvalue weighted by atomic mass is 14.9. The minimum atomic E-state index is 0.853. The summed E-state index contributed by atoms with van der Waals surface area (Å²) in [5.74, 6) is 2.64. The minimum Gasteiger partial charge on any atom is -0.314 e. The zero-order chi connectivity index (χ0) is 7.23. The molecule has 1 rings (SSSR count). The highest BCUT2D eigenvalue weighted by molar-refractivity contribution is 4.84. The van der Waals surface area contributed by atoms with Crippen molar-refractivity contribution in [2.75, 3.05) is 6.54 Å². The molecule has 0 unspecified atom stereocenters. The number of hydrogen-bond acceptors (Lipinski definition) is 1. The van der Waals surface area contributed by atoms with Crippen LogP contribution < -0.4 is 5.32 Å². The average Bonchev–Trinajstić information content (AvgIpc) is 2.71. The first-order chi connectivity index (χ1) is 4.93. The van der Waals surface area contributed by atoms with Crippen LogP contribution in [0.25, 0.3) is 0 Å². The van der Waals surface area contributed by atoms with Crippen LogP contribution in [0.1, 0.15) is 32.1 Å². The van der Waals surface area contributed by atoms with Crippen LogP contribution in [-0.4, -0.2) is 12.6 Å². The number of nitrogens with one attached hydrogen (secondary N) is 1. The molecule has 1 N–H and O–H groups in total. The molecule has 1 aliphatic carbocycles. The molecule has 0 aromatic heterocycles. The van der Waals surface area contributed by atoms with E-state index in [4.69, 9.17) is 6.42 Å². The van der Waals surface area contributed by atoms with E-state index >= 15 is 0 Å². The summed E-state index contributed by atoms with van der Waals surface area (Å²) in [6.45, 7) is 1.16. The van der Waals surface area contributed by atoms with Crippen LogP contribution in [0.3, 0.4) is 0 Å². The summed E-state index contributed by atoms with van der Waals surface area (Å²) in [7, 11) is 0. The Hall–Kier alpha value is -0.480. The van der Waals surface area contributed by atoms with Crippen LogP contribution in [0, 0.1) is 12.3 Å². The van der Waals surface area contributed by atoms with E-state index in [1.54, 1.807) is 0 Å². The fourth-order valence-electron chi connectivity index (χ4n) is 0.946. The van der Waals surface area contributed by atoms with Gasteiger partial charge in [-0.05, 0) is 32.2 Å². The first-order valence-electron chi connectivity index (χ1n) is 4.10. The zero-order valence-electron chi connectivity index (χ0n) is 6.40. The van der Waals surface area contributed by atoms with Crippen LogP contribution in [0.4, 0.5) is 0 Å². The van der Waals surface area contributed by atoms with Crippen molar-refractivity contribution in [3.05, 3.63) is 0 Å². The molecule has 1 fully saturated rings. The van der Waals surface area contributed by atoms with Crippen LogP contribution >= 0.6 is 0 Å². The van der Waals surface area contributed by atoms with Gasteiger partial charge in [0.1, 0.15) is 0 Å². The number of rotatable bonds is 5. The third-order valence-corrected chi connectivity index (χ3v) is 1.76. The molecule has 56 valence electrons. The van der Waals surface area contributed by atoms with Crippen molar-refractivity contribution in [2.24, 2.45) is 0 Å². The highest BCUT2D eigenvalue weighted by Gasteiger charge is 2.19. The van der Waals surface area contributed by atoms with Gasteiger partial charge in [0.2, 0.25) is 0 Å². The van der Waals surface area contributed by atoms with Gasteiger partial charge in [-0.25, -0.2) is 0 Å². The predicted molar refractivity (Wildman–Crippen MR) is 43.7 cm³/mol. The summed E-state index contributed by atoms with van der Waals surface area (Å²) in [5, 5.41) is 3.45. The predicted octanol–water partition coefficient (Wildman–Crippen LogP) is 1.54. The Morgan fingerprint density at radius 2 is 2.20 bits per heavy atom. The molecular formula is C9H15N. The second-order valence-corrected chi connectivity index (χ2v) is 2.89. The van der Waals surface area contributed by atoms with Crippen LogP contribution in [0.15, 0.2) is 0 Å². The fourth-order valence-corrected chi connectivity index (χ4v) is 0.946. The van der Waals surface area contributed by atoms with Gasteiger partial charge in [0.25, 0.3) is 0 Å². The van der Waals surface area contributed by atoms with Gasteiger partial charge in [-0.2, -0.15) is 0 Å². The largest absolute Gasteiger partial charge is 0.314 e. The normalized spacial score (nSPS) is 16.7. The second-order valence-electron chi connectivity index (χ2n) is 2.89. The highest BCUT2D eigenvalue weighted by Crippen LogP contribution is 2.18. The van der Waals surface area contributed by atoms with Gasteiger partial charge in [-0.15, -0.1) is 12.3 Å². The minimum absolute atomic E-state index is 0.853. The summed E-state index contributed by atoms with van der Waals surface area (Å²) in [6.07, 6.45) is 11.2. The maximum Gasteiger partial charge on any atom is 0.00865 e. The lowest BCUT2D eigenvalue weighted by atomic mass is 10.2.